The predicted molar refractivity (Wildman–Crippen MR) is 85.4 cm³/mol. The van der Waals surface area contributed by atoms with E-state index in [1.54, 1.807) is 33.2 Å². The van der Waals surface area contributed by atoms with Gasteiger partial charge in [0.1, 0.15) is 0 Å². The van der Waals surface area contributed by atoms with Crippen LogP contribution in [-0.2, 0) is 16.4 Å². The molecule has 0 saturated heterocycles. The molecule has 0 amide bonds. The maximum Gasteiger partial charge on any atom is 0.217 e. The molecule has 2 N–H and O–H groups in total. The number of aromatic nitrogens is 1. The molecule has 0 radical (unpaired) electrons. The van der Waals surface area contributed by atoms with Crippen molar-refractivity contribution in [1.82, 2.24) is 9.71 Å². The Morgan fingerprint density at radius 3 is 2.67 bits per heavy atom. The Hall–Kier alpha value is -0.500. The van der Waals surface area contributed by atoms with Crippen LogP contribution < -0.4 is 4.72 Å². The molecule has 1 aliphatic rings. The number of aliphatic hydroxyl groups excluding tert-OH is 1. The van der Waals surface area contributed by atoms with Crippen molar-refractivity contribution in [3.63, 3.8) is 0 Å². The Morgan fingerprint density at radius 2 is 2.10 bits per heavy atom. The first-order valence-electron chi connectivity index (χ1n) is 6.90. The molecule has 0 bridgehead atoms. The third-order valence-corrected chi connectivity index (χ3v) is 6.73. The minimum Gasteiger partial charge on any atom is -0.396 e. The minimum absolute atomic E-state index is 0.0436. The number of fused-ring (bicyclic) bond motifs is 1. The van der Waals surface area contributed by atoms with Crippen molar-refractivity contribution >= 4 is 26.0 Å². The second kappa shape index (κ2) is 5.95. The number of nitrogens with zero attached hydrogens (tertiary/aromatic N) is 1. The fourth-order valence-electron chi connectivity index (χ4n) is 2.44. The zero-order valence-corrected chi connectivity index (χ0v) is 14.8. The molecule has 118 valence electrons. The summed E-state index contributed by atoms with van der Waals surface area (Å²) < 4.78 is 27.6. The first-order chi connectivity index (χ1) is 9.65. The van der Waals surface area contributed by atoms with Crippen molar-refractivity contribution in [2.24, 2.45) is 5.92 Å². The van der Waals surface area contributed by atoms with Gasteiger partial charge >= 0.3 is 0 Å². The SMILES string of the molecule is CC(C)(C)S(=O)(=O)NC1CC(CO)Cc2c(Br)cncc21. The largest absolute Gasteiger partial charge is 0.396 e. The molecule has 0 fully saturated rings. The molecule has 1 heterocycles. The topological polar surface area (TPSA) is 79.3 Å². The van der Waals surface area contributed by atoms with E-state index in [0.717, 1.165) is 22.0 Å². The molecular weight excluding hydrogens is 356 g/mol. The van der Waals surface area contributed by atoms with Crippen LogP contribution in [-0.4, -0.2) is 29.9 Å². The van der Waals surface area contributed by atoms with Crippen LogP contribution in [0.4, 0.5) is 0 Å². The molecule has 5 nitrogen and oxygen atoms in total. The predicted octanol–water partition coefficient (Wildman–Crippen LogP) is 2.16. The summed E-state index contributed by atoms with van der Waals surface area (Å²) in [6.07, 6.45) is 4.72. The van der Waals surface area contributed by atoms with Gasteiger partial charge in [-0.1, -0.05) is 0 Å². The van der Waals surface area contributed by atoms with E-state index < -0.39 is 14.8 Å². The van der Waals surface area contributed by atoms with Crippen LogP contribution in [0.15, 0.2) is 16.9 Å². The van der Waals surface area contributed by atoms with Crippen LogP contribution in [0.2, 0.25) is 0 Å². The van der Waals surface area contributed by atoms with Crippen LogP contribution in [0.1, 0.15) is 44.4 Å². The lowest BCUT2D eigenvalue weighted by atomic mass is 9.82. The molecule has 0 spiro atoms. The standard InChI is InChI=1S/C14H21BrN2O3S/c1-14(2,3)21(19,20)17-13-5-9(8-18)4-10-11(13)6-16-7-12(10)15/h6-7,9,13,17-18H,4-5,8H2,1-3H3. The van der Waals surface area contributed by atoms with E-state index in [9.17, 15) is 13.5 Å². The highest BCUT2D eigenvalue weighted by Crippen LogP contribution is 2.37. The van der Waals surface area contributed by atoms with Crippen molar-refractivity contribution in [2.75, 3.05) is 6.61 Å². The van der Waals surface area contributed by atoms with E-state index in [1.807, 2.05) is 0 Å². The quantitative estimate of drug-likeness (QED) is 0.846. The number of hydrogen-bond acceptors (Lipinski definition) is 4. The van der Waals surface area contributed by atoms with E-state index in [-0.39, 0.29) is 18.6 Å². The fraction of sp³-hybridized carbons (Fsp3) is 0.643. The summed E-state index contributed by atoms with van der Waals surface area (Å²) in [6.45, 7) is 5.05. The number of nitrogens with one attached hydrogen (secondary N) is 1. The Morgan fingerprint density at radius 1 is 1.43 bits per heavy atom. The summed E-state index contributed by atoms with van der Waals surface area (Å²) >= 11 is 3.46. The monoisotopic (exact) mass is 376 g/mol. The Labute approximate surface area is 134 Å². The first-order valence-corrected chi connectivity index (χ1v) is 9.18. The lowest BCUT2D eigenvalue weighted by Crippen LogP contribution is -2.43. The van der Waals surface area contributed by atoms with Crippen molar-refractivity contribution in [1.29, 1.82) is 0 Å². The Kier molecular flexibility index (Phi) is 4.78. The molecule has 0 aromatic carbocycles. The summed E-state index contributed by atoms with van der Waals surface area (Å²) in [5.41, 5.74) is 1.92. The lowest BCUT2D eigenvalue weighted by molar-refractivity contribution is 0.201. The van der Waals surface area contributed by atoms with E-state index in [2.05, 4.69) is 25.6 Å². The van der Waals surface area contributed by atoms with Gasteiger partial charge in [0.15, 0.2) is 0 Å². The van der Waals surface area contributed by atoms with Gasteiger partial charge in [-0.15, -0.1) is 0 Å². The molecule has 1 aromatic rings. The molecule has 0 saturated carbocycles. The Bertz CT molecular complexity index is 626. The van der Waals surface area contributed by atoms with Gasteiger partial charge in [0.25, 0.3) is 0 Å². The second-order valence-corrected chi connectivity index (χ2v) is 9.79. The van der Waals surface area contributed by atoms with Crippen LogP contribution in [0, 0.1) is 5.92 Å². The van der Waals surface area contributed by atoms with E-state index in [1.165, 1.54) is 0 Å². The summed E-state index contributed by atoms with van der Waals surface area (Å²) in [5.74, 6) is 0.0452. The normalized spacial score (nSPS) is 22.9. The Balaban J connectivity index is 2.39. The van der Waals surface area contributed by atoms with Gasteiger partial charge < -0.3 is 5.11 Å². The second-order valence-electron chi connectivity index (χ2n) is 6.46. The maximum atomic E-state index is 12.4. The number of sulfonamides is 1. The zero-order chi connectivity index (χ0) is 15.8. The molecule has 2 rings (SSSR count). The third kappa shape index (κ3) is 3.47. The fourth-order valence-corrected chi connectivity index (χ4v) is 3.90. The summed E-state index contributed by atoms with van der Waals surface area (Å²) in [6, 6.07) is -0.347. The average Bonchev–Trinajstić information content (AvgIpc) is 2.38. The van der Waals surface area contributed by atoms with Gasteiger partial charge in [0.05, 0.1) is 4.75 Å². The van der Waals surface area contributed by atoms with Crippen LogP contribution in [0.5, 0.6) is 0 Å². The molecule has 0 aliphatic heterocycles. The number of hydrogen-bond donors (Lipinski definition) is 2. The molecule has 7 heteroatoms. The number of halogens is 1. The van der Waals surface area contributed by atoms with Crippen molar-refractivity contribution in [3.05, 3.63) is 28.0 Å². The molecule has 1 aromatic heterocycles. The first kappa shape index (κ1) is 16.9. The van der Waals surface area contributed by atoms with Crippen molar-refractivity contribution < 1.29 is 13.5 Å². The lowest BCUT2D eigenvalue weighted by Gasteiger charge is -2.33. The van der Waals surface area contributed by atoms with Gasteiger partial charge in [0, 0.05) is 29.5 Å². The smallest absolute Gasteiger partial charge is 0.217 e. The van der Waals surface area contributed by atoms with E-state index in [4.69, 9.17) is 0 Å². The summed E-state index contributed by atoms with van der Waals surface area (Å²) in [7, 11) is -3.46. The van der Waals surface area contributed by atoms with Gasteiger partial charge in [0.2, 0.25) is 10.0 Å². The summed E-state index contributed by atoms with van der Waals surface area (Å²) in [5, 5.41) is 9.48. The minimum atomic E-state index is -3.46. The maximum absolute atomic E-state index is 12.4. The third-order valence-electron chi connectivity index (χ3n) is 3.84. The van der Waals surface area contributed by atoms with Crippen LogP contribution in [0.3, 0.4) is 0 Å². The van der Waals surface area contributed by atoms with E-state index >= 15 is 0 Å². The number of pyridine rings is 1. The van der Waals surface area contributed by atoms with Gasteiger partial charge in [-0.3, -0.25) is 4.98 Å². The zero-order valence-electron chi connectivity index (χ0n) is 12.4. The van der Waals surface area contributed by atoms with Gasteiger partial charge in [-0.2, -0.15) is 0 Å². The van der Waals surface area contributed by atoms with Crippen molar-refractivity contribution in [3.8, 4) is 0 Å². The molecular formula is C14H21BrN2O3S. The highest BCUT2D eigenvalue weighted by Gasteiger charge is 2.35. The average molecular weight is 377 g/mol. The van der Waals surface area contributed by atoms with Crippen LogP contribution >= 0.6 is 15.9 Å². The number of aliphatic hydroxyl groups is 1. The molecule has 1 aliphatic carbocycles. The van der Waals surface area contributed by atoms with Gasteiger partial charge in [-0.05, 0) is 66.6 Å². The molecule has 2 atom stereocenters. The van der Waals surface area contributed by atoms with Crippen LogP contribution in [0.25, 0.3) is 0 Å². The number of rotatable bonds is 3. The van der Waals surface area contributed by atoms with E-state index in [0.29, 0.717) is 6.42 Å². The highest BCUT2D eigenvalue weighted by molar-refractivity contribution is 9.10. The summed E-state index contributed by atoms with van der Waals surface area (Å²) in [4.78, 5) is 4.15. The van der Waals surface area contributed by atoms with Crippen molar-refractivity contribution in [2.45, 2.75) is 44.4 Å². The van der Waals surface area contributed by atoms with Gasteiger partial charge in [-0.25, -0.2) is 13.1 Å². The molecule has 21 heavy (non-hydrogen) atoms. The highest BCUT2D eigenvalue weighted by atomic mass is 79.9. The molecule has 2 unspecified atom stereocenters.